The molecule has 0 aliphatic heterocycles. The van der Waals surface area contributed by atoms with Gasteiger partial charge < -0.3 is 9.72 Å². The molecule has 94 valence electrons. The van der Waals surface area contributed by atoms with Gasteiger partial charge in [-0.05, 0) is 18.6 Å². The highest BCUT2D eigenvalue weighted by atomic mass is 32.2. The maximum atomic E-state index is 11.0. The van der Waals surface area contributed by atoms with E-state index in [0.29, 0.717) is 11.8 Å². The molecule has 2 rings (SSSR count). The van der Waals surface area contributed by atoms with E-state index in [1.54, 1.807) is 0 Å². The minimum atomic E-state index is -0.132. The second-order valence-electron chi connectivity index (χ2n) is 3.70. The van der Waals surface area contributed by atoms with E-state index in [9.17, 15) is 4.79 Å². The van der Waals surface area contributed by atoms with Crippen molar-refractivity contribution < 1.29 is 4.74 Å². The molecule has 5 heteroatoms. The lowest BCUT2D eigenvalue weighted by atomic mass is 10.2. The molecule has 1 aromatic carbocycles. The topological polar surface area (TPSA) is 55.0 Å². The van der Waals surface area contributed by atoms with Crippen LogP contribution in [0, 0.1) is 6.92 Å². The van der Waals surface area contributed by atoms with Gasteiger partial charge in [0.05, 0.1) is 6.61 Å². The van der Waals surface area contributed by atoms with Crippen molar-refractivity contribution >= 4 is 11.8 Å². The van der Waals surface area contributed by atoms with Gasteiger partial charge >= 0.3 is 0 Å². The molecule has 1 heterocycles. The number of H-pyrrole nitrogens is 1. The molecule has 0 saturated carbocycles. The molecule has 0 unspecified atom stereocenters. The molecular weight excluding hydrogens is 248 g/mol. The van der Waals surface area contributed by atoms with Gasteiger partial charge in [-0.1, -0.05) is 30.0 Å². The van der Waals surface area contributed by atoms with Crippen LogP contribution in [0.5, 0.6) is 5.75 Å². The highest BCUT2D eigenvalue weighted by molar-refractivity contribution is 7.99. The van der Waals surface area contributed by atoms with Gasteiger partial charge in [0.1, 0.15) is 5.75 Å². The summed E-state index contributed by atoms with van der Waals surface area (Å²) in [7, 11) is 0. The number of ether oxygens (including phenoxy) is 1. The molecule has 0 saturated heterocycles. The standard InChI is InChI=1S/C13H14N2O2S/c1-10-4-2-3-5-11(10)17-8-9-18-13-14-7-6-12(16)15-13/h2-7H,8-9H2,1H3,(H,14,15,16). The Kier molecular flexibility index (Phi) is 4.41. The van der Waals surface area contributed by atoms with Crippen LogP contribution in [-0.2, 0) is 0 Å². The fourth-order valence-corrected chi connectivity index (χ4v) is 2.10. The van der Waals surface area contributed by atoms with Crippen LogP contribution in [0.25, 0.3) is 0 Å². The average Bonchev–Trinajstić information content (AvgIpc) is 2.37. The predicted octanol–water partition coefficient (Wildman–Crippen LogP) is 2.25. The Bertz CT molecular complexity index is 569. The van der Waals surface area contributed by atoms with Crippen molar-refractivity contribution in [1.82, 2.24) is 9.97 Å². The number of aromatic nitrogens is 2. The van der Waals surface area contributed by atoms with Crippen LogP contribution < -0.4 is 10.3 Å². The summed E-state index contributed by atoms with van der Waals surface area (Å²) in [6.45, 7) is 2.59. The highest BCUT2D eigenvalue weighted by Gasteiger charge is 1.99. The molecule has 0 fully saturated rings. The number of aromatic amines is 1. The van der Waals surface area contributed by atoms with Crippen LogP contribution in [0.15, 0.2) is 46.5 Å². The molecule has 0 aliphatic rings. The third-order valence-electron chi connectivity index (χ3n) is 2.32. The molecule has 4 nitrogen and oxygen atoms in total. The van der Waals surface area contributed by atoms with Crippen LogP contribution in [0.3, 0.4) is 0 Å². The summed E-state index contributed by atoms with van der Waals surface area (Å²) < 4.78 is 5.65. The summed E-state index contributed by atoms with van der Waals surface area (Å²) in [6, 6.07) is 9.29. The molecule has 0 aliphatic carbocycles. The lowest BCUT2D eigenvalue weighted by molar-refractivity contribution is 0.341. The Labute approximate surface area is 109 Å². The zero-order valence-electron chi connectivity index (χ0n) is 10.1. The summed E-state index contributed by atoms with van der Waals surface area (Å²) in [5.74, 6) is 1.63. The molecule has 1 N–H and O–H groups in total. The molecular formula is C13H14N2O2S. The molecule has 0 radical (unpaired) electrons. The van der Waals surface area contributed by atoms with E-state index in [1.807, 2.05) is 31.2 Å². The first-order valence-electron chi connectivity index (χ1n) is 5.62. The van der Waals surface area contributed by atoms with Gasteiger partial charge in [0, 0.05) is 18.0 Å². The fourth-order valence-electron chi connectivity index (χ4n) is 1.43. The monoisotopic (exact) mass is 262 g/mol. The van der Waals surface area contributed by atoms with E-state index in [1.165, 1.54) is 24.0 Å². The van der Waals surface area contributed by atoms with Gasteiger partial charge in [0.25, 0.3) is 5.56 Å². The van der Waals surface area contributed by atoms with Crippen LogP contribution in [0.2, 0.25) is 0 Å². The quantitative estimate of drug-likeness (QED) is 0.510. The number of hydrogen-bond acceptors (Lipinski definition) is 4. The van der Waals surface area contributed by atoms with E-state index in [4.69, 9.17) is 4.74 Å². The number of nitrogens with zero attached hydrogens (tertiary/aromatic N) is 1. The summed E-state index contributed by atoms with van der Waals surface area (Å²) >= 11 is 1.47. The van der Waals surface area contributed by atoms with Gasteiger partial charge in [0.15, 0.2) is 5.16 Å². The first-order valence-corrected chi connectivity index (χ1v) is 6.61. The van der Waals surface area contributed by atoms with Crippen LogP contribution in [-0.4, -0.2) is 22.3 Å². The molecule has 1 aromatic heterocycles. The van der Waals surface area contributed by atoms with Crippen LogP contribution in [0.1, 0.15) is 5.56 Å². The number of hydrogen-bond donors (Lipinski definition) is 1. The molecule has 0 spiro atoms. The highest BCUT2D eigenvalue weighted by Crippen LogP contribution is 2.17. The minimum absolute atomic E-state index is 0.132. The maximum absolute atomic E-state index is 11.0. The normalized spacial score (nSPS) is 10.3. The van der Waals surface area contributed by atoms with Crippen LogP contribution >= 0.6 is 11.8 Å². The van der Waals surface area contributed by atoms with E-state index in [-0.39, 0.29) is 5.56 Å². The summed E-state index contributed by atoms with van der Waals surface area (Å²) in [6.07, 6.45) is 1.50. The van der Waals surface area contributed by atoms with E-state index >= 15 is 0 Å². The van der Waals surface area contributed by atoms with Crippen molar-refractivity contribution in [3.63, 3.8) is 0 Å². The zero-order valence-corrected chi connectivity index (χ0v) is 10.9. The zero-order chi connectivity index (χ0) is 12.8. The van der Waals surface area contributed by atoms with Crippen molar-refractivity contribution in [2.45, 2.75) is 12.1 Å². The Morgan fingerprint density at radius 2 is 2.17 bits per heavy atom. The van der Waals surface area contributed by atoms with E-state index in [2.05, 4.69) is 9.97 Å². The molecule has 0 amide bonds. The third-order valence-corrected chi connectivity index (χ3v) is 3.17. The van der Waals surface area contributed by atoms with Crippen molar-refractivity contribution in [3.05, 3.63) is 52.4 Å². The first kappa shape index (κ1) is 12.7. The number of benzene rings is 1. The Hall–Kier alpha value is -1.75. The molecule has 0 atom stereocenters. The van der Waals surface area contributed by atoms with Gasteiger partial charge in [-0.2, -0.15) is 0 Å². The lowest BCUT2D eigenvalue weighted by Crippen LogP contribution is -2.07. The Morgan fingerprint density at radius 3 is 2.94 bits per heavy atom. The largest absolute Gasteiger partial charge is 0.492 e. The van der Waals surface area contributed by atoms with Gasteiger partial charge in [-0.15, -0.1) is 0 Å². The Balaban J connectivity index is 1.80. The lowest BCUT2D eigenvalue weighted by Gasteiger charge is -2.07. The number of thioether (sulfide) groups is 1. The van der Waals surface area contributed by atoms with E-state index in [0.717, 1.165) is 17.1 Å². The molecule has 0 bridgehead atoms. The van der Waals surface area contributed by atoms with Crippen molar-refractivity contribution in [2.24, 2.45) is 0 Å². The van der Waals surface area contributed by atoms with Gasteiger partial charge in [0.2, 0.25) is 0 Å². The van der Waals surface area contributed by atoms with Crippen molar-refractivity contribution in [1.29, 1.82) is 0 Å². The second kappa shape index (κ2) is 6.26. The average molecular weight is 262 g/mol. The van der Waals surface area contributed by atoms with Crippen molar-refractivity contribution in [3.8, 4) is 5.75 Å². The third kappa shape index (κ3) is 3.63. The predicted molar refractivity (Wildman–Crippen MR) is 72.3 cm³/mol. The number of para-hydroxylation sites is 1. The summed E-state index contributed by atoms with van der Waals surface area (Å²) in [5.41, 5.74) is 0.987. The number of aryl methyl sites for hydroxylation is 1. The smallest absolute Gasteiger partial charge is 0.251 e. The first-order chi connectivity index (χ1) is 8.75. The SMILES string of the molecule is Cc1ccccc1OCCSc1nccc(=O)[nH]1. The van der Waals surface area contributed by atoms with Gasteiger partial charge in [-0.25, -0.2) is 4.98 Å². The van der Waals surface area contributed by atoms with Crippen molar-refractivity contribution in [2.75, 3.05) is 12.4 Å². The minimum Gasteiger partial charge on any atom is -0.492 e. The van der Waals surface area contributed by atoms with E-state index < -0.39 is 0 Å². The molecule has 18 heavy (non-hydrogen) atoms. The second-order valence-corrected chi connectivity index (χ2v) is 4.79. The summed E-state index contributed by atoms with van der Waals surface area (Å²) in [4.78, 5) is 17.8. The summed E-state index contributed by atoms with van der Waals surface area (Å²) in [5, 5.41) is 0.621. The van der Waals surface area contributed by atoms with Gasteiger partial charge in [-0.3, -0.25) is 4.79 Å². The molecule has 2 aromatic rings. The fraction of sp³-hybridized carbons (Fsp3) is 0.231. The Morgan fingerprint density at radius 1 is 1.33 bits per heavy atom. The maximum Gasteiger partial charge on any atom is 0.251 e. The number of nitrogens with one attached hydrogen (secondary N) is 1. The number of rotatable bonds is 5. The van der Waals surface area contributed by atoms with Crippen LogP contribution in [0.4, 0.5) is 0 Å².